The highest BCUT2D eigenvalue weighted by molar-refractivity contribution is 6.30. The first-order chi connectivity index (χ1) is 15.0. The van der Waals surface area contributed by atoms with Gasteiger partial charge < -0.3 is 15.4 Å². The maximum absolute atomic E-state index is 12.5. The molecule has 7 heteroatoms. The highest BCUT2D eigenvalue weighted by Gasteiger charge is 2.21. The number of carbonyl (C=O) groups is 2. The Morgan fingerprint density at radius 3 is 2.55 bits per heavy atom. The molecule has 0 aliphatic heterocycles. The van der Waals surface area contributed by atoms with Gasteiger partial charge in [-0.05, 0) is 72.9 Å². The number of fused-ring (bicyclic) bond motifs is 1. The van der Waals surface area contributed by atoms with E-state index in [0.29, 0.717) is 27.8 Å². The number of carbonyl (C=O) groups excluding carboxylic acids is 2. The van der Waals surface area contributed by atoms with E-state index in [2.05, 4.69) is 21.7 Å². The molecule has 3 aromatic rings. The van der Waals surface area contributed by atoms with Gasteiger partial charge in [0.25, 0.3) is 11.8 Å². The number of rotatable bonds is 5. The van der Waals surface area contributed by atoms with Crippen molar-refractivity contribution in [3.63, 3.8) is 0 Å². The summed E-state index contributed by atoms with van der Waals surface area (Å²) in [6, 6.07) is 16.2. The van der Waals surface area contributed by atoms with Crippen LogP contribution in [0, 0.1) is 0 Å². The Balaban J connectivity index is 1.45. The fourth-order valence-electron chi connectivity index (χ4n) is 3.65. The minimum absolute atomic E-state index is 0.0479. The van der Waals surface area contributed by atoms with Gasteiger partial charge in [0.05, 0.1) is 0 Å². The van der Waals surface area contributed by atoms with Crippen LogP contribution < -0.4 is 15.4 Å². The van der Waals surface area contributed by atoms with Crippen molar-refractivity contribution in [2.75, 3.05) is 7.05 Å². The number of amides is 2. The fourth-order valence-corrected chi connectivity index (χ4v) is 3.78. The standard InChI is InChI=1S/C24H22ClN3O3/c1-26-24(30)22-14-21(10-11-27-22)31-20-9-5-15-4-8-19(12-17(15)13-20)28-23(29)16-2-6-18(25)7-3-16/h2-3,5-7,9-11,13-14,19H,4,8,12H2,1H3,(H,26,30)(H,28,29). The molecule has 0 saturated carbocycles. The van der Waals surface area contributed by atoms with Gasteiger partial charge in [-0.15, -0.1) is 0 Å². The van der Waals surface area contributed by atoms with Crippen molar-refractivity contribution in [2.45, 2.75) is 25.3 Å². The van der Waals surface area contributed by atoms with E-state index in [1.54, 1.807) is 49.6 Å². The zero-order valence-electron chi connectivity index (χ0n) is 17.0. The average molecular weight is 436 g/mol. The van der Waals surface area contributed by atoms with Gasteiger partial charge in [0.15, 0.2) is 0 Å². The highest BCUT2D eigenvalue weighted by Crippen LogP contribution is 2.29. The van der Waals surface area contributed by atoms with Gasteiger partial charge in [-0.25, -0.2) is 0 Å². The number of ether oxygens (including phenoxy) is 1. The molecule has 6 nitrogen and oxygen atoms in total. The molecule has 0 bridgehead atoms. The van der Waals surface area contributed by atoms with Crippen molar-refractivity contribution in [1.82, 2.24) is 15.6 Å². The summed E-state index contributed by atoms with van der Waals surface area (Å²) in [7, 11) is 1.56. The smallest absolute Gasteiger partial charge is 0.269 e. The summed E-state index contributed by atoms with van der Waals surface area (Å²) in [6.45, 7) is 0. The van der Waals surface area contributed by atoms with Gasteiger partial charge in [-0.3, -0.25) is 14.6 Å². The number of hydrogen-bond acceptors (Lipinski definition) is 4. The predicted octanol–water partition coefficient (Wildman–Crippen LogP) is 4.17. The quantitative estimate of drug-likeness (QED) is 0.630. The summed E-state index contributed by atoms with van der Waals surface area (Å²) in [6.07, 6.45) is 4.04. The number of benzene rings is 2. The number of nitrogens with zero attached hydrogens (tertiary/aromatic N) is 1. The van der Waals surface area contributed by atoms with E-state index in [1.165, 1.54) is 5.56 Å². The van der Waals surface area contributed by atoms with E-state index in [4.69, 9.17) is 16.3 Å². The first-order valence-electron chi connectivity index (χ1n) is 10.1. The zero-order chi connectivity index (χ0) is 21.8. The molecular weight excluding hydrogens is 414 g/mol. The summed E-state index contributed by atoms with van der Waals surface area (Å²) in [5.41, 5.74) is 3.29. The molecule has 1 aliphatic carbocycles. The van der Waals surface area contributed by atoms with Crippen LogP contribution in [-0.4, -0.2) is 29.9 Å². The average Bonchev–Trinajstić information content (AvgIpc) is 2.79. The molecule has 0 saturated heterocycles. The van der Waals surface area contributed by atoms with E-state index in [-0.39, 0.29) is 17.9 Å². The molecule has 1 aromatic heterocycles. The number of nitrogens with one attached hydrogen (secondary N) is 2. The van der Waals surface area contributed by atoms with Gasteiger partial charge in [0, 0.05) is 35.9 Å². The summed E-state index contributed by atoms with van der Waals surface area (Å²) >= 11 is 5.90. The molecule has 4 rings (SSSR count). The van der Waals surface area contributed by atoms with Crippen LogP contribution in [0.4, 0.5) is 0 Å². The van der Waals surface area contributed by atoms with Gasteiger partial charge >= 0.3 is 0 Å². The van der Waals surface area contributed by atoms with Crippen molar-refractivity contribution in [3.05, 3.63) is 88.2 Å². The van der Waals surface area contributed by atoms with Crippen LogP contribution in [0.5, 0.6) is 11.5 Å². The zero-order valence-corrected chi connectivity index (χ0v) is 17.8. The third-order valence-corrected chi connectivity index (χ3v) is 5.53. The monoisotopic (exact) mass is 435 g/mol. The molecule has 2 amide bonds. The molecule has 1 aliphatic rings. The Bertz CT molecular complexity index is 1120. The van der Waals surface area contributed by atoms with Crippen LogP contribution in [0.2, 0.25) is 5.02 Å². The van der Waals surface area contributed by atoms with Crippen molar-refractivity contribution in [3.8, 4) is 11.5 Å². The van der Waals surface area contributed by atoms with E-state index in [9.17, 15) is 9.59 Å². The molecule has 2 aromatic carbocycles. The lowest BCUT2D eigenvalue weighted by Gasteiger charge is -2.26. The van der Waals surface area contributed by atoms with E-state index < -0.39 is 0 Å². The minimum Gasteiger partial charge on any atom is -0.457 e. The van der Waals surface area contributed by atoms with Gasteiger partial charge in [-0.1, -0.05) is 17.7 Å². The Kier molecular flexibility index (Phi) is 6.18. The molecule has 1 unspecified atom stereocenters. The van der Waals surface area contributed by atoms with E-state index in [0.717, 1.165) is 24.8 Å². The summed E-state index contributed by atoms with van der Waals surface area (Å²) in [5, 5.41) is 6.27. The van der Waals surface area contributed by atoms with Crippen LogP contribution in [-0.2, 0) is 12.8 Å². The number of pyridine rings is 1. The third kappa shape index (κ3) is 5.03. The molecular formula is C24H22ClN3O3. The Hall–Kier alpha value is -3.38. The molecule has 2 N–H and O–H groups in total. The maximum atomic E-state index is 12.5. The minimum atomic E-state index is -0.268. The normalized spacial score (nSPS) is 15.0. The Morgan fingerprint density at radius 2 is 1.77 bits per heavy atom. The fraction of sp³-hybridized carbons (Fsp3) is 0.208. The first-order valence-corrected chi connectivity index (χ1v) is 10.4. The highest BCUT2D eigenvalue weighted by atomic mass is 35.5. The SMILES string of the molecule is CNC(=O)c1cc(Oc2ccc3c(c2)CC(NC(=O)c2ccc(Cl)cc2)CC3)ccn1. The Morgan fingerprint density at radius 1 is 1.00 bits per heavy atom. The molecule has 158 valence electrons. The summed E-state index contributed by atoms with van der Waals surface area (Å²) < 4.78 is 5.96. The van der Waals surface area contributed by atoms with Crippen molar-refractivity contribution < 1.29 is 14.3 Å². The predicted molar refractivity (Wildman–Crippen MR) is 119 cm³/mol. The second kappa shape index (κ2) is 9.18. The number of aryl methyl sites for hydroxylation is 1. The van der Waals surface area contributed by atoms with Crippen LogP contribution >= 0.6 is 11.6 Å². The van der Waals surface area contributed by atoms with E-state index >= 15 is 0 Å². The van der Waals surface area contributed by atoms with Crippen LogP contribution in [0.25, 0.3) is 0 Å². The van der Waals surface area contributed by atoms with Gasteiger partial charge in [0.2, 0.25) is 0 Å². The third-order valence-electron chi connectivity index (χ3n) is 5.27. The van der Waals surface area contributed by atoms with Gasteiger partial charge in [0.1, 0.15) is 17.2 Å². The van der Waals surface area contributed by atoms with Gasteiger partial charge in [-0.2, -0.15) is 0 Å². The van der Waals surface area contributed by atoms with Crippen molar-refractivity contribution >= 4 is 23.4 Å². The number of aromatic nitrogens is 1. The van der Waals surface area contributed by atoms with Crippen LogP contribution in [0.15, 0.2) is 60.8 Å². The lowest BCUT2D eigenvalue weighted by atomic mass is 9.88. The van der Waals surface area contributed by atoms with Crippen LogP contribution in [0.3, 0.4) is 0 Å². The largest absolute Gasteiger partial charge is 0.457 e. The second-order valence-electron chi connectivity index (χ2n) is 7.41. The summed E-state index contributed by atoms with van der Waals surface area (Å²) in [4.78, 5) is 28.4. The van der Waals surface area contributed by atoms with Crippen molar-refractivity contribution in [1.29, 1.82) is 0 Å². The molecule has 1 atom stereocenters. The molecule has 0 spiro atoms. The molecule has 1 heterocycles. The maximum Gasteiger partial charge on any atom is 0.269 e. The summed E-state index contributed by atoms with van der Waals surface area (Å²) in [5.74, 6) is 0.848. The Labute approximate surface area is 185 Å². The van der Waals surface area contributed by atoms with Crippen LogP contribution in [0.1, 0.15) is 38.4 Å². The molecule has 0 fully saturated rings. The second-order valence-corrected chi connectivity index (χ2v) is 7.85. The lowest BCUT2D eigenvalue weighted by molar-refractivity contribution is 0.0931. The number of halogens is 1. The lowest BCUT2D eigenvalue weighted by Crippen LogP contribution is -2.38. The molecule has 31 heavy (non-hydrogen) atoms. The first kappa shape index (κ1) is 20.9. The molecule has 0 radical (unpaired) electrons. The van der Waals surface area contributed by atoms with Crippen molar-refractivity contribution in [2.24, 2.45) is 0 Å². The number of hydrogen-bond donors (Lipinski definition) is 2. The topological polar surface area (TPSA) is 80.3 Å². The van der Waals surface area contributed by atoms with E-state index in [1.807, 2.05) is 12.1 Å².